The third kappa shape index (κ3) is 3.11. The van der Waals surface area contributed by atoms with Crippen LogP contribution in [-0.4, -0.2) is 11.5 Å². The van der Waals surface area contributed by atoms with Crippen LogP contribution in [0.15, 0.2) is 18.3 Å². The van der Waals surface area contributed by atoms with Crippen molar-refractivity contribution in [2.45, 2.75) is 32.6 Å². The second-order valence-corrected chi connectivity index (χ2v) is 5.25. The summed E-state index contributed by atoms with van der Waals surface area (Å²) in [5, 5.41) is 4.07. The quantitative estimate of drug-likeness (QED) is 0.862. The molecule has 0 aliphatic heterocycles. The predicted octanol–water partition coefficient (Wildman–Crippen LogP) is 3.97. The van der Waals surface area contributed by atoms with Gasteiger partial charge in [0, 0.05) is 12.7 Å². The molecule has 0 bridgehead atoms. The molecule has 1 fully saturated rings. The highest BCUT2D eigenvalue weighted by Gasteiger charge is 2.18. The van der Waals surface area contributed by atoms with Gasteiger partial charge in [-0.15, -0.1) is 0 Å². The number of aromatic nitrogens is 1. The Morgan fingerprint density at radius 2 is 2.12 bits per heavy atom. The minimum atomic E-state index is 0.715. The molecule has 0 unspecified atom stereocenters. The summed E-state index contributed by atoms with van der Waals surface area (Å²) in [5.41, 5.74) is 0. The topological polar surface area (TPSA) is 24.9 Å². The molecule has 0 spiro atoms. The molecule has 0 atom stereocenters. The highest BCUT2D eigenvalue weighted by molar-refractivity contribution is 6.32. The molecule has 1 heterocycles. The minimum absolute atomic E-state index is 0.715. The van der Waals surface area contributed by atoms with E-state index in [1.807, 2.05) is 12.1 Å². The Morgan fingerprint density at radius 1 is 1.38 bits per heavy atom. The number of hydrogen-bond donors (Lipinski definition) is 1. The Balaban J connectivity index is 1.81. The first kappa shape index (κ1) is 11.7. The summed E-state index contributed by atoms with van der Waals surface area (Å²) >= 11 is 6.04. The van der Waals surface area contributed by atoms with Crippen molar-refractivity contribution in [3.63, 3.8) is 0 Å². The maximum atomic E-state index is 6.04. The number of pyridine rings is 1. The van der Waals surface area contributed by atoms with Crippen molar-refractivity contribution in [1.82, 2.24) is 4.98 Å². The van der Waals surface area contributed by atoms with E-state index in [0.29, 0.717) is 5.02 Å². The fourth-order valence-corrected chi connectivity index (χ4v) is 2.48. The van der Waals surface area contributed by atoms with E-state index in [2.05, 4.69) is 17.2 Å². The molecule has 1 saturated carbocycles. The predicted molar refractivity (Wildman–Crippen MR) is 68.9 cm³/mol. The van der Waals surface area contributed by atoms with Gasteiger partial charge >= 0.3 is 0 Å². The van der Waals surface area contributed by atoms with Gasteiger partial charge in [0.2, 0.25) is 0 Å². The van der Waals surface area contributed by atoms with E-state index in [1.165, 1.54) is 25.7 Å². The summed E-state index contributed by atoms with van der Waals surface area (Å²) in [7, 11) is 0. The highest BCUT2D eigenvalue weighted by Crippen LogP contribution is 2.28. The smallest absolute Gasteiger partial charge is 0.144 e. The first-order chi connectivity index (χ1) is 7.75. The van der Waals surface area contributed by atoms with Gasteiger partial charge in [-0.25, -0.2) is 4.98 Å². The van der Waals surface area contributed by atoms with Crippen LogP contribution in [0.2, 0.25) is 5.02 Å². The lowest BCUT2D eigenvalue weighted by Gasteiger charge is -2.26. The van der Waals surface area contributed by atoms with Crippen LogP contribution in [-0.2, 0) is 0 Å². The van der Waals surface area contributed by atoms with Gasteiger partial charge in [0.15, 0.2) is 0 Å². The Hall–Kier alpha value is -0.760. The number of rotatable bonds is 3. The van der Waals surface area contributed by atoms with Crippen LogP contribution in [0.4, 0.5) is 5.82 Å². The number of hydrogen-bond acceptors (Lipinski definition) is 2. The average Bonchev–Trinajstić information content (AvgIpc) is 2.30. The molecule has 2 nitrogen and oxygen atoms in total. The Kier molecular flexibility index (Phi) is 4.05. The van der Waals surface area contributed by atoms with E-state index in [4.69, 9.17) is 11.6 Å². The van der Waals surface area contributed by atoms with Crippen LogP contribution >= 0.6 is 11.6 Å². The van der Waals surface area contributed by atoms with Gasteiger partial charge < -0.3 is 5.32 Å². The first-order valence-electron chi connectivity index (χ1n) is 6.10. The average molecular weight is 239 g/mol. The lowest BCUT2D eigenvalue weighted by molar-refractivity contribution is 0.300. The molecule has 1 aromatic heterocycles. The minimum Gasteiger partial charge on any atom is -0.369 e. The van der Waals surface area contributed by atoms with Crippen LogP contribution in [0.3, 0.4) is 0 Å². The molecular formula is C13H19ClN2. The molecule has 1 aliphatic carbocycles. The van der Waals surface area contributed by atoms with Crippen molar-refractivity contribution in [2.24, 2.45) is 11.8 Å². The van der Waals surface area contributed by atoms with E-state index in [1.54, 1.807) is 6.20 Å². The lowest BCUT2D eigenvalue weighted by atomic mass is 9.83. The molecule has 0 saturated heterocycles. The molecular weight excluding hydrogens is 220 g/mol. The Morgan fingerprint density at radius 3 is 2.81 bits per heavy atom. The fourth-order valence-electron chi connectivity index (χ4n) is 2.29. The van der Waals surface area contributed by atoms with Gasteiger partial charge in [-0.05, 0) is 36.8 Å². The van der Waals surface area contributed by atoms with Crippen LogP contribution in [0.1, 0.15) is 32.6 Å². The second kappa shape index (κ2) is 5.53. The number of nitrogens with one attached hydrogen (secondary N) is 1. The summed E-state index contributed by atoms with van der Waals surface area (Å²) in [5.74, 6) is 2.52. The summed E-state index contributed by atoms with van der Waals surface area (Å²) in [6, 6.07) is 3.73. The van der Waals surface area contributed by atoms with Crippen molar-refractivity contribution >= 4 is 17.4 Å². The third-order valence-corrected chi connectivity index (χ3v) is 3.76. The van der Waals surface area contributed by atoms with Crippen molar-refractivity contribution in [3.05, 3.63) is 23.4 Å². The third-order valence-electron chi connectivity index (χ3n) is 3.45. The van der Waals surface area contributed by atoms with E-state index in [9.17, 15) is 0 Å². The van der Waals surface area contributed by atoms with Gasteiger partial charge in [-0.3, -0.25) is 0 Å². The molecule has 0 radical (unpaired) electrons. The first-order valence-corrected chi connectivity index (χ1v) is 6.48. The van der Waals surface area contributed by atoms with Crippen molar-refractivity contribution in [2.75, 3.05) is 11.9 Å². The Bertz CT molecular complexity index is 332. The van der Waals surface area contributed by atoms with Crippen LogP contribution in [0.5, 0.6) is 0 Å². The van der Waals surface area contributed by atoms with Crippen LogP contribution in [0.25, 0.3) is 0 Å². The zero-order chi connectivity index (χ0) is 11.4. The molecule has 1 aromatic rings. The van der Waals surface area contributed by atoms with Gasteiger partial charge in [-0.2, -0.15) is 0 Å². The van der Waals surface area contributed by atoms with E-state index in [0.717, 1.165) is 24.2 Å². The summed E-state index contributed by atoms with van der Waals surface area (Å²) in [4.78, 5) is 4.23. The number of halogens is 1. The zero-order valence-electron chi connectivity index (χ0n) is 9.75. The van der Waals surface area contributed by atoms with Gasteiger partial charge in [0.25, 0.3) is 0 Å². The molecule has 1 aliphatic rings. The zero-order valence-corrected chi connectivity index (χ0v) is 10.5. The molecule has 3 heteroatoms. The molecule has 16 heavy (non-hydrogen) atoms. The maximum absolute atomic E-state index is 6.04. The number of nitrogens with zero attached hydrogens (tertiary/aromatic N) is 1. The van der Waals surface area contributed by atoms with Gasteiger partial charge in [0.1, 0.15) is 5.82 Å². The maximum Gasteiger partial charge on any atom is 0.144 e. The van der Waals surface area contributed by atoms with Crippen molar-refractivity contribution < 1.29 is 0 Å². The summed E-state index contributed by atoms with van der Waals surface area (Å²) in [6.45, 7) is 3.35. The van der Waals surface area contributed by atoms with Gasteiger partial charge in [-0.1, -0.05) is 31.4 Å². The summed E-state index contributed by atoms with van der Waals surface area (Å²) in [6.07, 6.45) is 7.17. The molecule has 2 rings (SSSR count). The van der Waals surface area contributed by atoms with E-state index < -0.39 is 0 Å². The second-order valence-electron chi connectivity index (χ2n) is 4.84. The molecule has 88 valence electrons. The largest absolute Gasteiger partial charge is 0.369 e. The highest BCUT2D eigenvalue weighted by atomic mass is 35.5. The van der Waals surface area contributed by atoms with Crippen molar-refractivity contribution in [1.29, 1.82) is 0 Å². The standard InChI is InChI=1S/C13H19ClN2/c1-10-4-6-11(7-5-10)9-16-13-12(14)3-2-8-15-13/h2-3,8,10-11H,4-7,9H2,1H3,(H,15,16). The number of anilines is 1. The van der Waals surface area contributed by atoms with Crippen LogP contribution in [0, 0.1) is 11.8 Å². The fraction of sp³-hybridized carbons (Fsp3) is 0.615. The van der Waals surface area contributed by atoms with E-state index >= 15 is 0 Å². The normalized spacial score (nSPS) is 25.4. The SMILES string of the molecule is CC1CCC(CNc2ncccc2Cl)CC1. The van der Waals surface area contributed by atoms with Crippen LogP contribution < -0.4 is 5.32 Å². The molecule has 0 amide bonds. The Labute approximate surface area is 102 Å². The van der Waals surface area contributed by atoms with Gasteiger partial charge in [0.05, 0.1) is 5.02 Å². The van der Waals surface area contributed by atoms with E-state index in [-0.39, 0.29) is 0 Å². The molecule has 0 aromatic carbocycles. The van der Waals surface area contributed by atoms with Crippen molar-refractivity contribution in [3.8, 4) is 0 Å². The monoisotopic (exact) mass is 238 g/mol. The molecule has 1 N–H and O–H groups in total. The lowest BCUT2D eigenvalue weighted by Crippen LogP contribution is -2.20. The summed E-state index contributed by atoms with van der Waals surface area (Å²) < 4.78 is 0.